The van der Waals surface area contributed by atoms with Crippen molar-refractivity contribution in [1.29, 1.82) is 0 Å². The maximum Gasteiger partial charge on any atom is 0.344 e. The van der Waals surface area contributed by atoms with Gasteiger partial charge in [-0.05, 0) is 135 Å². The van der Waals surface area contributed by atoms with Gasteiger partial charge in [-0.25, -0.2) is 9.59 Å². The van der Waals surface area contributed by atoms with Gasteiger partial charge in [0.2, 0.25) is 5.60 Å². The quantitative estimate of drug-likeness (QED) is 0.0163. The van der Waals surface area contributed by atoms with Crippen molar-refractivity contribution < 1.29 is 83.1 Å². The van der Waals surface area contributed by atoms with Gasteiger partial charge in [0.05, 0.1) is 45.8 Å². The van der Waals surface area contributed by atoms with E-state index in [1.54, 1.807) is 7.11 Å². The minimum absolute atomic E-state index is 0.0986. The number of carboxylic acid groups (broad SMARTS) is 3. The molecule has 2 bridgehead atoms. The molecule has 3 fully saturated rings. The minimum Gasteiger partial charge on any atom is -0.496 e. The molecule has 1 aliphatic carbocycles. The van der Waals surface area contributed by atoms with E-state index in [0.29, 0.717) is 89.2 Å². The van der Waals surface area contributed by atoms with Crippen molar-refractivity contribution in [3.8, 4) is 11.5 Å². The van der Waals surface area contributed by atoms with Crippen LogP contribution in [0.15, 0.2) is 133 Å². The van der Waals surface area contributed by atoms with E-state index in [1.165, 1.54) is 49.0 Å². The van der Waals surface area contributed by atoms with Gasteiger partial charge >= 0.3 is 35.8 Å². The Balaban J connectivity index is 0.000000217. The first-order chi connectivity index (χ1) is 47.7. The molecule has 1 spiro atoms. The van der Waals surface area contributed by atoms with Gasteiger partial charge in [0, 0.05) is 97.5 Å². The standard InChI is InChI=1S/C46H58N4O9.C26H29NO.C6H8O7/c1-8-42(54)23-28-24-45(40(52)57-6,36-30(15-19-49(25-28)26-42)29-13-10-11-14-33(29)47-36)32-21-31-34(22-35(32)56-5)48(4)38-44(31)17-20-50-18-12-16-43(9-2,37(44)50)39(59-27(3)51)46(38,55)41(53)58-7;1-4-25(21-11-7-5-8-12-21)26(22-13-9-6-10-14-22)23-15-17-24(18-16-23)28-20-19-27(2)3;7-3(8)1-6(13,5(11)12)2-4(9)10/h10-14,16,21-22,28,37-39,47,54-55H,8-9,15,17-20,23-26H2,1-7H3;5-18H,4,19-20H2,1-3H3;13H,1-2H2,(H,7,8)(H,9,10)(H,11,12)/b;26-25-;/t28-,37-,38+,39+,42-,43+,44+,45-,46-;;/m0../s1. The molecule has 5 aromatic carbocycles. The number of benzene rings is 5. The Bertz CT molecular complexity index is 4050. The summed E-state index contributed by atoms with van der Waals surface area (Å²) in [4.78, 5) is 85.8. The number of carboxylic acids is 3. The number of nitrogens with zero attached hydrogens (tertiary/aromatic N) is 4. The average Bonchev–Trinajstić information content (AvgIpc) is 1.45. The number of esters is 3. The van der Waals surface area contributed by atoms with Crippen LogP contribution >= 0.6 is 0 Å². The zero-order valence-corrected chi connectivity index (χ0v) is 58.8. The van der Waals surface area contributed by atoms with Crippen LogP contribution in [0.4, 0.5) is 5.69 Å². The number of carbonyl (C=O) groups excluding carboxylic acids is 3. The molecule has 6 aromatic rings. The number of para-hydroxylation sites is 1. The highest BCUT2D eigenvalue weighted by Crippen LogP contribution is 2.68. The Morgan fingerprint density at radius 3 is 1.95 bits per heavy atom. The summed E-state index contributed by atoms with van der Waals surface area (Å²) in [6.45, 7) is 12.5. The second kappa shape index (κ2) is 29.7. The van der Waals surface area contributed by atoms with E-state index in [9.17, 15) is 34.2 Å². The van der Waals surface area contributed by atoms with E-state index >= 15 is 4.79 Å². The molecule has 1 saturated carbocycles. The Labute approximate surface area is 583 Å². The van der Waals surface area contributed by atoms with Crippen molar-refractivity contribution in [3.63, 3.8) is 0 Å². The number of rotatable bonds is 20. The van der Waals surface area contributed by atoms with Gasteiger partial charge in [0.15, 0.2) is 11.7 Å². The van der Waals surface area contributed by atoms with Gasteiger partial charge in [0.1, 0.15) is 23.5 Å². The van der Waals surface area contributed by atoms with E-state index in [2.05, 4.69) is 150 Å². The zero-order chi connectivity index (χ0) is 72.3. The fourth-order valence-electron chi connectivity index (χ4n) is 17.6. The molecular weight excluding hydrogens is 1280 g/mol. The van der Waals surface area contributed by atoms with Crippen LogP contribution in [0.2, 0.25) is 0 Å². The molecule has 534 valence electrons. The SMILES string of the molecule is CC/C(=C(\c1ccccc1)c1ccc(OCCN(C)C)cc1)c1ccccc1.CC[C@]1(O)C[C@@H]2CN(CCc3c([nH]c4ccccc34)[C@@](C(=O)OC)(c3cc4c(cc3OC)N(C)[C@H]3[C@@](O)(C(=O)OC)[C@H](OC(C)=O)[C@]5(CC)C=CCN6CC[C@]43[C@@H]65)C2)C1.O=C(O)CC(O)(CC(=O)O)C(=O)O. The van der Waals surface area contributed by atoms with Crippen LogP contribution in [-0.4, -0.2) is 209 Å². The van der Waals surface area contributed by atoms with Crippen molar-refractivity contribution in [2.75, 3.05) is 93.2 Å². The lowest BCUT2D eigenvalue weighted by atomic mass is 9.47. The number of piperidine rings is 1. The first kappa shape index (κ1) is 73.8. The first-order valence-corrected chi connectivity index (χ1v) is 34.3. The van der Waals surface area contributed by atoms with Crippen LogP contribution in [-0.2, 0) is 60.2 Å². The lowest BCUT2D eigenvalue weighted by Gasteiger charge is -2.63. The van der Waals surface area contributed by atoms with E-state index in [-0.39, 0.29) is 12.0 Å². The zero-order valence-electron chi connectivity index (χ0n) is 58.8. The highest BCUT2D eigenvalue weighted by atomic mass is 16.6. The number of likely N-dealkylation sites (N-methyl/N-ethyl adjacent to an activating group) is 2. The average molecular weight is 1370 g/mol. The lowest BCUT2D eigenvalue weighted by molar-refractivity contribution is -0.228. The summed E-state index contributed by atoms with van der Waals surface area (Å²) in [6.07, 6.45) is 4.62. The van der Waals surface area contributed by atoms with Crippen LogP contribution < -0.4 is 14.4 Å². The number of allylic oxidation sites excluding steroid dienone is 1. The van der Waals surface area contributed by atoms with Crippen LogP contribution in [0, 0.1) is 11.3 Å². The van der Waals surface area contributed by atoms with E-state index in [4.69, 9.17) is 44.1 Å². The maximum absolute atomic E-state index is 15.3. The molecule has 2 saturated heterocycles. The number of H-pyrrole nitrogens is 1. The molecule has 6 heterocycles. The van der Waals surface area contributed by atoms with Gasteiger partial charge in [-0.3, -0.25) is 29.0 Å². The van der Waals surface area contributed by atoms with Crippen molar-refractivity contribution in [1.82, 2.24) is 19.7 Å². The number of ether oxygens (including phenoxy) is 5. The number of aromatic amines is 1. The summed E-state index contributed by atoms with van der Waals surface area (Å²) in [7, 11) is 10.3. The second-order valence-electron chi connectivity index (χ2n) is 27.8. The highest BCUT2D eigenvalue weighted by molar-refractivity contribution is 5.99. The largest absolute Gasteiger partial charge is 0.496 e. The summed E-state index contributed by atoms with van der Waals surface area (Å²) >= 11 is 0. The summed E-state index contributed by atoms with van der Waals surface area (Å²) in [5.74, 6) is -5.67. The number of fused-ring (bicyclic) bond motifs is 6. The molecule has 1 aromatic heterocycles. The number of hydrogen-bond acceptors (Lipinski definition) is 18. The lowest BCUT2D eigenvalue weighted by Crippen LogP contribution is -2.81. The molecule has 22 nitrogen and oxygen atoms in total. The van der Waals surface area contributed by atoms with Crippen molar-refractivity contribution in [3.05, 3.63) is 173 Å². The van der Waals surface area contributed by atoms with Crippen LogP contribution in [0.5, 0.6) is 11.5 Å². The second-order valence-corrected chi connectivity index (χ2v) is 27.8. The molecular formula is C78H95N5O17. The molecule has 100 heavy (non-hydrogen) atoms. The Kier molecular flexibility index (Phi) is 21.9. The van der Waals surface area contributed by atoms with Crippen molar-refractivity contribution in [2.45, 2.75) is 131 Å². The Morgan fingerprint density at radius 1 is 0.740 bits per heavy atom. The van der Waals surface area contributed by atoms with Crippen molar-refractivity contribution in [2.24, 2.45) is 11.3 Å². The number of aromatic nitrogens is 1. The van der Waals surface area contributed by atoms with Crippen molar-refractivity contribution >= 4 is 63.6 Å². The molecule has 7 N–H and O–H groups in total. The number of aliphatic carboxylic acids is 3. The maximum atomic E-state index is 15.3. The summed E-state index contributed by atoms with van der Waals surface area (Å²) in [5, 5.41) is 60.1. The number of methoxy groups -OCH3 is 3. The Hall–Kier alpha value is -8.90. The fraction of sp³-hybridized carbons (Fsp3) is 0.462. The Morgan fingerprint density at radius 2 is 1.37 bits per heavy atom. The third-order valence-electron chi connectivity index (χ3n) is 21.7. The summed E-state index contributed by atoms with van der Waals surface area (Å²) in [6, 6.07) is 40.8. The minimum atomic E-state index is -2.74. The smallest absolute Gasteiger partial charge is 0.344 e. The number of hydrogen-bond donors (Lipinski definition) is 7. The van der Waals surface area contributed by atoms with E-state index in [1.807, 2.05) is 50.1 Å². The third-order valence-corrected chi connectivity index (χ3v) is 21.7. The first-order valence-electron chi connectivity index (χ1n) is 34.3. The van der Waals surface area contributed by atoms with Crippen LogP contribution in [0.3, 0.4) is 0 Å². The van der Waals surface area contributed by atoms with Crippen LogP contribution in [0.25, 0.3) is 22.0 Å². The molecule has 5 aliphatic heterocycles. The number of anilines is 1. The molecule has 1 unspecified atom stereocenters. The monoisotopic (exact) mass is 1370 g/mol. The molecule has 6 aliphatic rings. The van der Waals surface area contributed by atoms with Gasteiger partial charge < -0.3 is 69.1 Å². The van der Waals surface area contributed by atoms with E-state index < -0.39 is 93.9 Å². The molecule has 22 heteroatoms. The fourth-order valence-corrected chi connectivity index (χ4v) is 17.6. The van der Waals surface area contributed by atoms with Gasteiger partial charge in [-0.15, -0.1) is 0 Å². The summed E-state index contributed by atoms with van der Waals surface area (Å²) in [5.41, 5.74) is 2.01. The van der Waals surface area contributed by atoms with Gasteiger partial charge in [-0.1, -0.05) is 124 Å². The molecule has 10 atom stereocenters. The number of carbonyl (C=O) groups is 6. The predicted molar refractivity (Wildman–Crippen MR) is 377 cm³/mol. The normalized spacial score (nSPS) is 26.6. The summed E-state index contributed by atoms with van der Waals surface area (Å²) < 4.78 is 29.8. The van der Waals surface area contributed by atoms with Crippen LogP contribution in [0.1, 0.15) is 118 Å². The van der Waals surface area contributed by atoms with Gasteiger partial charge in [0.25, 0.3) is 0 Å². The third kappa shape index (κ3) is 13.4. The molecule has 0 radical (unpaired) electrons. The van der Waals surface area contributed by atoms with E-state index in [0.717, 1.165) is 52.1 Å². The number of aliphatic hydroxyl groups is 3. The highest BCUT2D eigenvalue weighted by Gasteiger charge is 2.80. The topological polar surface area (TPSA) is 299 Å². The molecule has 0 amide bonds. The molecule has 12 rings (SSSR count). The van der Waals surface area contributed by atoms with Gasteiger partial charge in [-0.2, -0.15) is 0 Å². The predicted octanol–water partition coefficient (Wildman–Crippen LogP) is 8.74. The number of nitrogens with one attached hydrogen (secondary N) is 1.